The minimum Gasteiger partial charge on any atom is -0.478 e. The molecule has 9 heteroatoms. The molecule has 0 unspecified atom stereocenters. The van der Waals surface area contributed by atoms with Gasteiger partial charge in [-0.05, 0) is 41.3 Å². The second-order valence-corrected chi connectivity index (χ2v) is 7.34. The Morgan fingerprint density at radius 3 is 2.52 bits per heavy atom. The summed E-state index contributed by atoms with van der Waals surface area (Å²) in [5.41, 5.74) is 5.09. The summed E-state index contributed by atoms with van der Waals surface area (Å²) < 4.78 is 7.52. The summed E-state index contributed by atoms with van der Waals surface area (Å²) in [7, 11) is 0. The third-order valence-corrected chi connectivity index (χ3v) is 5.33. The highest BCUT2D eigenvalue weighted by molar-refractivity contribution is 6.01. The minimum absolute atomic E-state index is 0.188. The van der Waals surface area contributed by atoms with Crippen molar-refractivity contribution in [1.29, 1.82) is 0 Å². The van der Waals surface area contributed by atoms with Crippen LogP contribution in [0.5, 0.6) is 6.01 Å². The van der Waals surface area contributed by atoms with Gasteiger partial charge in [0, 0.05) is 5.82 Å². The number of carboxylic acid groups (broad SMARTS) is 1. The van der Waals surface area contributed by atoms with Gasteiger partial charge in [-0.25, -0.2) is 4.79 Å². The fraction of sp³-hybridized carbons (Fsp3) is 0.125. The first-order chi connectivity index (χ1) is 16.2. The number of fused-ring (bicyclic) bond motifs is 1. The first-order valence-corrected chi connectivity index (χ1v) is 10.4. The summed E-state index contributed by atoms with van der Waals surface area (Å²) >= 11 is 0. The van der Waals surface area contributed by atoms with Crippen LogP contribution in [-0.2, 0) is 6.54 Å². The molecule has 164 valence electrons. The molecule has 9 nitrogen and oxygen atoms in total. The van der Waals surface area contributed by atoms with Crippen LogP contribution in [-0.4, -0.2) is 42.8 Å². The van der Waals surface area contributed by atoms with Crippen molar-refractivity contribution >= 4 is 17.0 Å². The van der Waals surface area contributed by atoms with Crippen LogP contribution in [0.25, 0.3) is 33.5 Å². The van der Waals surface area contributed by atoms with E-state index in [-0.39, 0.29) is 5.56 Å². The molecule has 3 aromatic carbocycles. The van der Waals surface area contributed by atoms with Crippen molar-refractivity contribution in [2.24, 2.45) is 0 Å². The van der Waals surface area contributed by atoms with Gasteiger partial charge in [-0.3, -0.25) is 14.9 Å². The third kappa shape index (κ3) is 3.80. The van der Waals surface area contributed by atoms with Gasteiger partial charge in [0.05, 0.1) is 29.7 Å². The van der Waals surface area contributed by atoms with Crippen molar-refractivity contribution in [3.63, 3.8) is 0 Å². The summed E-state index contributed by atoms with van der Waals surface area (Å²) in [6, 6.07) is 21.3. The number of hydrogen-bond donors (Lipinski definition) is 1. The molecule has 0 atom stereocenters. The molecule has 0 saturated carbocycles. The van der Waals surface area contributed by atoms with Gasteiger partial charge in [-0.15, -0.1) is 0 Å². The number of rotatable bonds is 7. The van der Waals surface area contributed by atoms with Crippen molar-refractivity contribution in [2.75, 3.05) is 6.61 Å². The highest BCUT2D eigenvalue weighted by Gasteiger charge is 2.19. The predicted octanol–water partition coefficient (Wildman–Crippen LogP) is 3.66. The summed E-state index contributed by atoms with van der Waals surface area (Å²) in [6.45, 7) is 2.71. The van der Waals surface area contributed by atoms with Crippen molar-refractivity contribution in [1.82, 2.24) is 30.2 Å². The first kappa shape index (κ1) is 20.4. The monoisotopic (exact) mass is 439 g/mol. The molecule has 0 aliphatic carbocycles. The van der Waals surface area contributed by atoms with Crippen LogP contribution in [0.3, 0.4) is 0 Å². The highest BCUT2D eigenvalue weighted by Crippen LogP contribution is 2.31. The third-order valence-electron chi connectivity index (χ3n) is 5.33. The van der Waals surface area contributed by atoms with Crippen molar-refractivity contribution < 1.29 is 14.6 Å². The Labute approximate surface area is 188 Å². The first-order valence-electron chi connectivity index (χ1n) is 10.4. The fourth-order valence-electron chi connectivity index (χ4n) is 3.88. The number of tetrazole rings is 1. The lowest BCUT2D eigenvalue weighted by Crippen LogP contribution is -2.08. The van der Waals surface area contributed by atoms with Crippen LogP contribution in [0.15, 0.2) is 66.7 Å². The van der Waals surface area contributed by atoms with Crippen LogP contribution >= 0.6 is 0 Å². The lowest BCUT2D eigenvalue weighted by Gasteiger charge is -2.12. The van der Waals surface area contributed by atoms with E-state index >= 15 is 0 Å². The number of aromatic nitrogens is 6. The molecule has 0 aliphatic heterocycles. The zero-order chi connectivity index (χ0) is 22.8. The van der Waals surface area contributed by atoms with Gasteiger partial charge in [0.15, 0.2) is 0 Å². The van der Waals surface area contributed by atoms with E-state index in [9.17, 15) is 9.90 Å². The summed E-state index contributed by atoms with van der Waals surface area (Å²) in [4.78, 5) is 16.3. The molecule has 0 aliphatic rings. The number of para-hydroxylation sites is 1. The Kier molecular flexibility index (Phi) is 5.27. The number of benzene rings is 3. The average Bonchev–Trinajstić information content (AvgIpc) is 3.49. The fourth-order valence-corrected chi connectivity index (χ4v) is 3.88. The number of hydrogen-bond acceptors (Lipinski definition) is 6. The maximum absolute atomic E-state index is 11.8. The molecule has 33 heavy (non-hydrogen) atoms. The Morgan fingerprint density at radius 1 is 1.03 bits per heavy atom. The van der Waals surface area contributed by atoms with Crippen LogP contribution < -0.4 is 9.84 Å². The van der Waals surface area contributed by atoms with Crippen molar-refractivity contribution in [3.05, 3.63) is 77.9 Å². The molecule has 5 rings (SSSR count). The molecule has 0 saturated heterocycles. The molecule has 0 radical (unpaired) electrons. The van der Waals surface area contributed by atoms with E-state index < -0.39 is 5.97 Å². The normalized spacial score (nSPS) is 11.1. The van der Waals surface area contributed by atoms with Crippen LogP contribution in [0.1, 0.15) is 22.8 Å². The van der Waals surface area contributed by atoms with E-state index in [1.807, 2.05) is 55.5 Å². The van der Waals surface area contributed by atoms with E-state index in [0.717, 1.165) is 22.3 Å². The quantitative estimate of drug-likeness (QED) is 0.408. The summed E-state index contributed by atoms with van der Waals surface area (Å²) in [6.07, 6.45) is 0. The average molecular weight is 439 g/mol. The van der Waals surface area contributed by atoms with Gasteiger partial charge >= 0.3 is 5.97 Å². The molecule has 2 aromatic heterocycles. The minimum atomic E-state index is -1.00. The largest absolute Gasteiger partial charge is 0.478 e. The Balaban J connectivity index is 1.53. The van der Waals surface area contributed by atoms with E-state index in [1.165, 1.54) is 0 Å². The number of aromatic carboxylic acids is 1. The second kappa shape index (κ2) is 8.54. The van der Waals surface area contributed by atoms with Gasteiger partial charge in [-0.2, -0.15) is 10.2 Å². The SMILES string of the molecule is CCOc1nc2cccc(C(=O)O)c2n1Cc1ccc(-c2ccccc2-c2nnn[n-]2)cc1. The molecular weight excluding hydrogens is 420 g/mol. The topological polar surface area (TPSA) is 117 Å². The standard InChI is InChI=1S/C24H20N6O3/c1-2-33-24-25-20-9-5-8-19(23(31)32)21(20)30(24)14-15-10-12-16(13-11-15)17-6-3-4-7-18(17)22-26-28-29-27-22/h3-13H,2,14H2,1H3,(H2,26,27,28,29,31,32)/p-1. The molecule has 1 N–H and O–H groups in total. The van der Waals surface area contributed by atoms with E-state index in [2.05, 4.69) is 25.6 Å². The molecule has 2 heterocycles. The number of ether oxygens (including phenoxy) is 1. The zero-order valence-electron chi connectivity index (χ0n) is 17.7. The Bertz CT molecular complexity index is 1420. The lowest BCUT2D eigenvalue weighted by molar-refractivity contribution is 0.0698. The summed E-state index contributed by atoms with van der Waals surface area (Å²) in [5, 5.41) is 24.8. The molecule has 0 fully saturated rings. The summed E-state index contributed by atoms with van der Waals surface area (Å²) in [5.74, 6) is -0.530. The maximum atomic E-state index is 11.8. The van der Waals surface area contributed by atoms with E-state index in [0.29, 0.717) is 36.0 Å². The Morgan fingerprint density at radius 2 is 1.82 bits per heavy atom. The number of imidazole rings is 1. The molecule has 0 amide bonds. The highest BCUT2D eigenvalue weighted by atomic mass is 16.5. The van der Waals surface area contributed by atoms with Gasteiger partial charge in [0.25, 0.3) is 6.01 Å². The van der Waals surface area contributed by atoms with Gasteiger partial charge < -0.3 is 14.9 Å². The molecular formula is C24H19N6O3-. The van der Waals surface area contributed by atoms with Gasteiger partial charge in [-0.1, -0.05) is 54.6 Å². The lowest BCUT2D eigenvalue weighted by atomic mass is 9.98. The predicted molar refractivity (Wildman–Crippen MR) is 121 cm³/mol. The van der Waals surface area contributed by atoms with E-state index in [1.54, 1.807) is 22.8 Å². The number of carboxylic acids is 1. The second-order valence-electron chi connectivity index (χ2n) is 7.34. The van der Waals surface area contributed by atoms with Crippen LogP contribution in [0.2, 0.25) is 0 Å². The van der Waals surface area contributed by atoms with Crippen LogP contribution in [0.4, 0.5) is 0 Å². The van der Waals surface area contributed by atoms with Gasteiger partial charge in [0.2, 0.25) is 0 Å². The maximum Gasteiger partial charge on any atom is 0.337 e. The molecule has 0 bridgehead atoms. The number of nitrogens with zero attached hydrogens (tertiary/aromatic N) is 6. The smallest absolute Gasteiger partial charge is 0.337 e. The molecule has 0 spiro atoms. The van der Waals surface area contributed by atoms with Gasteiger partial charge in [0.1, 0.15) is 0 Å². The Hall–Kier alpha value is -4.53. The molecule has 5 aromatic rings. The van der Waals surface area contributed by atoms with Crippen LogP contribution in [0, 0.1) is 0 Å². The van der Waals surface area contributed by atoms with Crippen molar-refractivity contribution in [3.8, 4) is 28.5 Å². The number of carbonyl (C=O) groups is 1. The van der Waals surface area contributed by atoms with Crippen molar-refractivity contribution in [2.45, 2.75) is 13.5 Å². The van der Waals surface area contributed by atoms with E-state index in [4.69, 9.17) is 4.74 Å². The zero-order valence-corrected chi connectivity index (χ0v) is 17.7.